The lowest BCUT2D eigenvalue weighted by atomic mass is 10.1. The lowest BCUT2D eigenvalue weighted by Crippen LogP contribution is -2.33. The molecular weight excluding hydrogens is 408 g/mol. The number of carbonyl (C=O) groups excluding carboxylic acids is 2. The highest BCUT2D eigenvalue weighted by Gasteiger charge is 2.35. The minimum absolute atomic E-state index is 0.0372. The number of anilines is 1. The molecule has 2 amide bonds. The number of imidazole rings is 1. The highest BCUT2D eigenvalue weighted by Crippen LogP contribution is 2.31. The second-order valence-electron chi connectivity index (χ2n) is 6.65. The molecule has 2 heterocycles. The molecule has 0 radical (unpaired) electrons. The van der Waals surface area contributed by atoms with E-state index in [4.69, 9.17) is 0 Å². The van der Waals surface area contributed by atoms with Crippen LogP contribution in [0, 0.1) is 5.92 Å². The molecule has 7 heteroatoms. The molecule has 3 aromatic rings. The van der Waals surface area contributed by atoms with Crippen molar-refractivity contribution in [3.05, 3.63) is 58.8 Å². The Hall–Kier alpha value is -2.67. The molecule has 0 spiro atoms. The molecule has 138 valence electrons. The fourth-order valence-corrected chi connectivity index (χ4v) is 3.95. The van der Waals surface area contributed by atoms with Gasteiger partial charge in [0.15, 0.2) is 0 Å². The first-order chi connectivity index (χ1) is 13.0. The van der Waals surface area contributed by atoms with Gasteiger partial charge in [0.25, 0.3) is 0 Å². The number of rotatable bonds is 4. The Morgan fingerprint density at radius 3 is 2.74 bits per heavy atom. The Labute approximate surface area is 165 Å². The van der Waals surface area contributed by atoms with E-state index in [-0.39, 0.29) is 24.2 Å². The van der Waals surface area contributed by atoms with E-state index in [0.717, 1.165) is 27.0 Å². The Morgan fingerprint density at radius 2 is 1.96 bits per heavy atom. The van der Waals surface area contributed by atoms with Crippen LogP contribution in [-0.2, 0) is 23.2 Å². The molecule has 0 bridgehead atoms. The summed E-state index contributed by atoms with van der Waals surface area (Å²) >= 11 is 3.47. The zero-order valence-electron chi connectivity index (χ0n) is 14.9. The molecule has 6 nitrogen and oxygen atoms in total. The van der Waals surface area contributed by atoms with Crippen molar-refractivity contribution >= 4 is 44.5 Å². The summed E-state index contributed by atoms with van der Waals surface area (Å²) in [5.41, 5.74) is 2.73. The van der Waals surface area contributed by atoms with Crippen LogP contribution in [0.3, 0.4) is 0 Å². The maximum Gasteiger partial charge on any atom is 0.227 e. The van der Waals surface area contributed by atoms with Gasteiger partial charge >= 0.3 is 0 Å². The second kappa shape index (κ2) is 7.15. The van der Waals surface area contributed by atoms with Gasteiger partial charge in [-0.2, -0.15) is 0 Å². The molecule has 2 aromatic carbocycles. The number of hydrogen-bond acceptors (Lipinski definition) is 3. The minimum atomic E-state index is -0.362. The maximum absolute atomic E-state index is 12.6. The molecule has 0 saturated carbocycles. The van der Waals surface area contributed by atoms with E-state index in [1.807, 2.05) is 60.1 Å². The Bertz CT molecular complexity index is 1030. The van der Waals surface area contributed by atoms with Gasteiger partial charge in [0.05, 0.1) is 29.2 Å². The van der Waals surface area contributed by atoms with E-state index in [1.165, 1.54) is 0 Å². The number of benzene rings is 2. The van der Waals surface area contributed by atoms with Gasteiger partial charge in [0.2, 0.25) is 11.8 Å². The van der Waals surface area contributed by atoms with Crippen LogP contribution in [0.1, 0.15) is 12.2 Å². The lowest BCUT2D eigenvalue weighted by molar-refractivity contribution is -0.126. The number of nitrogens with zero attached hydrogens (tertiary/aromatic N) is 3. The van der Waals surface area contributed by atoms with E-state index in [1.54, 1.807) is 4.90 Å². The third-order valence-corrected chi connectivity index (χ3v) is 5.61. The van der Waals surface area contributed by atoms with Crippen LogP contribution < -0.4 is 10.2 Å². The van der Waals surface area contributed by atoms with Gasteiger partial charge in [0, 0.05) is 24.5 Å². The van der Waals surface area contributed by atoms with Crippen molar-refractivity contribution in [3.8, 4) is 0 Å². The van der Waals surface area contributed by atoms with Gasteiger partial charge in [-0.15, -0.1) is 0 Å². The summed E-state index contributed by atoms with van der Waals surface area (Å²) in [4.78, 5) is 31.2. The van der Waals surface area contributed by atoms with Crippen LogP contribution in [0.25, 0.3) is 11.0 Å². The molecule has 1 saturated heterocycles. The summed E-state index contributed by atoms with van der Waals surface area (Å²) in [6.45, 7) is 0.722. The molecule has 1 fully saturated rings. The number of halogens is 1. The maximum atomic E-state index is 12.6. The SMILES string of the molecule is Cn1c(CNC(=O)C2CC(=O)N(c3ccccc3Br)C2)nc2ccccc21. The number of amides is 2. The summed E-state index contributed by atoms with van der Waals surface area (Å²) in [5, 5.41) is 2.94. The first-order valence-electron chi connectivity index (χ1n) is 8.77. The molecule has 1 unspecified atom stereocenters. The number of aromatic nitrogens is 2. The van der Waals surface area contributed by atoms with Gasteiger partial charge in [-0.05, 0) is 40.2 Å². The topological polar surface area (TPSA) is 67.2 Å². The molecule has 1 atom stereocenters. The average molecular weight is 427 g/mol. The number of fused-ring (bicyclic) bond motifs is 1. The van der Waals surface area contributed by atoms with Gasteiger partial charge in [0.1, 0.15) is 5.82 Å². The van der Waals surface area contributed by atoms with Crippen LogP contribution in [0.15, 0.2) is 53.0 Å². The van der Waals surface area contributed by atoms with E-state index in [2.05, 4.69) is 26.2 Å². The molecule has 0 aliphatic carbocycles. The fourth-order valence-electron chi connectivity index (χ4n) is 3.45. The number of aryl methyl sites for hydroxylation is 1. The first-order valence-corrected chi connectivity index (χ1v) is 9.57. The number of para-hydroxylation sites is 3. The molecule has 1 aliphatic rings. The molecule has 1 N–H and O–H groups in total. The standard InChI is InChI=1S/C20H19BrN4O2/c1-24-17-9-5-3-7-15(17)23-18(24)11-22-20(27)13-10-19(26)25(12-13)16-8-4-2-6-14(16)21/h2-9,13H,10-12H2,1H3,(H,22,27). The molecule has 4 rings (SSSR count). The summed E-state index contributed by atoms with van der Waals surface area (Å²) in [6, 6.07) is 15.4. The quantitative estimate of drug-likeness (QED) is 0.696. The van der Waals surface area contributed by atoms with Crippen molar-refractivity contribution in [1.82, 2.24) is 14.9 Å². The predicted octanol–water partition coefficient (Wildman–Crippen LogP) is 3.01. The van der Waals surface area contributed by atoms with Crippen molar-refractivity contribution in [1.29, 1.82) is 0 Å². The zero-order valence-corrected chi connectivity index (χ0v) is 16.4. The molecule has 27 heavy (non-hydrogen) atoms. The third kappa shape index (κ3) is 3.35. The minimum Gasteiger partial charge on any atom is -0.349 e. The van der Waals surface area contributed by atoms with Gasteiger partial charge < -0.3 is 14.8 Å². The Morgan fingerprint density at radius 1 is 1.22 bits per heavy atom. The van der Waals surface area contributed by atoms with E-state index in [0.29, 0.717) is 13.1 Å². The summed E-state index contributed by atoms with van der Waals surface area (Å²) in [7, 11) is 1.94. The molecule has 1 aliphatic heterocycles. The third-order valence-electron chi connectivity index (χ3n) is 4.94. The van der Waals surface area contributed by atoms with Gasteiger partial charge in [-0.3, -0.25) is 9.59 Å². The average Bonchev–Trinajstić information content (AvgIpc) is 3.21. The second-order valence-corrected chi connectivity index (χ2v) is 7.50. The largest absolute Gasteiger partial charge is 0.349 e. The van der Waals surface area contributed by atoms with Crippen LogP contribution in [-0.4, -0.2) is 27.9 Å². The number of nitrogens with one attached hydrogen (secondary N) is 1. The van der Waals surface area contributed by atoms with Crippen molar-refractivity contribution in [2.45, 2.75) is 13.0 Å². The Kier molecular flexibility index (Phi) is 4.70. The van der Waals surface area contributed by atoms with Crippen LogP contribution in [0.2, 0.25) is 0 Å². The monoisotopic (exact) mass is 426 g/mol. The van der Waals surface area contributed by atoms with E-state index < -0.39 is 0 Å². The van der Waals surface area contributed by atoms with E-state index >= 15 is 0 Å². The summed E-state index contributed by atoms with van der Waals surface area (Å²) < 4.78 is 2.82. The smallest absolute Gasteiger partial charge is 0.227 e. The summed E-state index contributed by atoms with van der Waals surface area (Å²) in [5.74, 6) is 0.269. The van der Waals surface area contributed by atoms with E-state index in [9.17, 15) is 9.59 Å². The lowest BCUT2D eigenvalue weighted by Gasteiger charge is -2.18. The zero-order chi connectivity index (χ0) is 19.0. The van der Waals surface area contributed by atoms with Crippen molar-refractivity contribution in [2.75, 3.05) is 11.4 Å². The van der Waals surface area contributed by atoms with Crippen LogP contribution in [0.4, 0.5) is 5.69 Å². The highest BCUT2D eigenvalue weighted by molar-refractivity contribution is 9.10. The molecular formula is C20H19BrN4O2. The highest BCUT2D eigenvalue weighted by atomic mass is 79.9. The normalized spacial score (nSPS) is 16.9. The van der Waals surface area contributed by atoms with Crippen LogP contribution in [0.5, 0.6) is 0 Å². The van der Waals surface area contributed by atoms with Crippen LogP contribution >= 0.6 is 15.9 Å². The number of hydrogen-bond donors (Lipinski definition) is 1. The van der Waals surface area contributed by atoms with Gasteiger partial charge in [-0.1, -0.05) is 24.3 Å². The molecule has 1 aromatic heterocycles. The van der Waals surface area contributed by atoms with Crippen molar-refractivity contribution < 1.29 is 9.59 Å². The Balaban J connectivity index is 1.44. The van der Waals surface area contributed by atoms with Crippen molar-refractivity contribution in [3.63, 3.8) is 0 Å². The first kappa shape index (κ1) is 17.7. The predicted molar refractivity (Wildman–Crippen MR) is 107 cm³/mol. The van der Waals surface area contributed by atoms with Gasteiger partial charge in [-0.25, -0.2) is 4.98 Å². The van der Waals surface area contributed by atoms with Crippen molar-refractivity contribution in [2.24, 2.45) is 13.0 Å². The number of carbonyl (C=O) groups is 2. The fraction of sp³-hybridized carbons (Fsp3) is 0.250. The summed E-state index contributed by atoms with van der Waals surface area (Å²) in [6.07, 6.45) is 0.218.